The second kappa shape index (κ2) is 10.7. The van der Waals surface area contributed by atoms with Gasteiger partial charge in [-0.1, -0.05) is 48.5 Å². The lowest BCUT2D eigenvalue weighted by Crippen LogP contribution is -2.44. The Morgan fingerprint density at radius 1 is 1.03 bits per heavy atom. The molecule has 11 nitrogen and oxygen atoms in total. The second-order valence-electron chi connectivity index (χ2n) is 8.75. The lowest BCUT2D eigenvalue weighted by molar-refractivity contribution is -0.117. The quantitative estimate of drug-likeness (QED) is 0.310. The summed E-state index contributed by atoms with van der Waals surface area (Å²) in [4.78, 5) is 32.0. The lowest BCUT2D eigenvalue weighted by Gasteiger charge is -2.31. The number of para-hydroxylation sites is 1. The third-order valence-electron chi connectivity index (χ3n) is 6.30. The molecule has 0 saturated carbocycles. The maximum atomic E-state index is 13.0. The van der Waals surface area contributed by atoms with Gasteiger partial charge in [0, 0.05) is 37.3 Å². The van der Waals surface area contributed by atoms with Crippen LogP contribution in [0.15, 0.2) is 76.5 Å². The van der Waals surface area contributed by atoms with Gasteiger partial charge in [-0.25, -0.2) is 4.99 Å². The highest BCUT2D eigenvalue weighted by atomic mass is 16.5. The summed E-state index contributed by atoms with van der Waals surface area (Å²) in [5, 5.41) is 22.5. The predicted molar refractivity (Wildman–Crippen MR) is 144 cm³/mol. The first-order valence-corrected chi connectivity index (χ1v) is 12.1. The number of nitrogens with one attached hydrogen (secondary N) is 4. The van der Waals surface area contributed by atoms with Gasteiger partial charge in [-0.3, -0.25) is 25.0 Å². The number of hydrogen-bond acceptors (Lipinski definition) is 8. The summed E-state index contributed by atoms with van der Waals surface area (Å²) < 4.78 is 12.4. The Bertz CT molecular complexity index is 1480. The van der Waals surface area contributed by atoms with Crippen LogP contribution in [0.1, 0.15) is 16.7 Å². The smallest absolute Gasteiger partial charge is 0.290 e. The number of ether oxygens (including phenoxy) is 2. The van der Waals surface area contributed by atoms with Gasteiger partial charge in [0.2, 0.25) is 12.1 Å². The third-order valence-corrected chi connectivity index (χ3v) is 6.30. The lowest BCUT2D eigenvalue weighted by atomic mass is 10.0. The summed E-state index contributed by atoms with van der Waals surface area (Å²) in [7, 11) is 1.63. The number of fused-ring (bicyclic) bond motifs is 1. The van der Waals surface area contributed by atoms with Gasteiger partial charge in [0.25, 0.3) is 17.5 Å². The van der Waals surface area contributed by atoms with Crippen molar-refractivity contribution in [3.8, 4) is 0 Å². The number of aromatic nitrogens is 1. The van der Waals surface area contributed by atoms with E-state index in [2.05, 4.69) is 15.6 Å². The highest BCUT2D eigenvalue weighted by Gasteiger charge is 2.28. The average Bonchev–Trinajstić information content (AvgIpc) is 3.07. The number of morpholine rings is 1. The van der Waals surface area contributed by atoms with Gasteiger partial charge in [0.15, 0.2) is 0 Å². The Morgan fingerprint density at radius 2 is 1.74 bits per heavy atom. The SMILES string of the molecule is Cn1c(N2CCOCC2)c(C(=N)OC(=N)N[C@H]2N=C(c3ccccc3)c3ccccc3NC2=O)ccc1=O. The van der Waals surface area contributed by atoms with Crippen LogP contribution in [0.4, 0.5) is 11.5 Å². The summed E-state index contributed by atoms with van der Waals surface area (Å²) in [6.45, 7) is 2.09. The monoisotopic (exact) mass is 513 g/mol. The Morgan fingerprint density at radius 3 is 2.50 bits per heavy atom. The molecule has 0 unspecified atom stereocenters. The summed E-state index contributed by atoms with van der Waals surface area (Å²) in [5.41, 5.74) is 2.85. The minimum atomic E-state index is -1.18. The van der Waals surface area contributed by atoms with Crippen LogP contribution in [0.5, 0.6) is 0 Å². The van der Waals surface area contributed by atoms with Crippen LogP contribution in [0.3, 0.4) is 0 Å². The van der Waals surface area contributed by atoms with Crippen LogP contribution in [0, 0.1) is 10.8 Å². The number of nitrogens with zero attached hydrogens (tertiary/aromatic N) is 3. The number of pyridine rings is 1. The molecular weight excluding hydrogens is 486 g/mol. The molecule has 38 heavy (non-hydrogen) atoms. The van der Waals surface area contributed by atoms with Crippen LogP contribution < -0.4 is 21.1 Å². The van der Waals surface area contributed by atoms with Crippen molar-refractivity contribution in [2.24, 2.45) is 12.0 Å². The molecule has 0 aliphatic carbocycles. The number of amidine groups is 1. The zero-order chi connectivity index (χ0) is 26.6. The molecule has 3 heterocycles. The fourth-order valence-electron chi connectivity index (χ4n) is 4.45. The number of anilines is 2. The van der Waals surface area contributed by atoms with Gasteiger partial charge in [0.05, 0.1) is 30.2 Å². The van der Waals surface area contributed by atoms with Crippen molar-refractivity contribution in [3.63, 3.8) is 0 Å². The van der Waals surface area contributed by atoms with Gasteiger partial charge in [0.1, 0.15) is 5.82 Å². The van der Waals surface area contributed by atoms with E-state index in [0.717, 1.165) is 11.1 Å². The van der Waals surface area contributed by atoms with Crippen molar-refractivity contribution in [1.82, 2.24) is 9.88 Å². The molecule has 0 bridgehead atoms. The molecule has 1 amide bonds. The summed E-state index contributed by atoms with van der Waals surface area (Å²) in [6.07, 6.45) is -1.18. The van der Waals surface area contributed by atoms with Crippen molar-refractivity contribution in [1.29, 1.82) is 10.8 Å². The van der Waals surface area contributed by atoms with Gasteiger partial charge < -0.3 is 25.0 Å². The minimum Gasteiger partial charge on any atom is -0.407 e. The first-order valence-electron chi connectivity index (χ1n) is 12.1. The summed E-state index contributed by atoms with van der Waals surface area (Å²) in [6, 6.07) is 19.1. The van der Waals surface area contributed by atoms with Crippen molar-refractivity contribution < 1.29 is 14.3 Å². The molecule has 1 aromatic heterocycles. The number of benzene rings is 2. The van der Waals surface area contributed by atoms with Gasteiger partial charge in [-0.15, -0.1) is 0 Å². The van der Waals surface area contributed by atoms with E-state index in [-0.39, 0.29) is 11.5 Å². The number of carbonyl (C=O) groups is 1. The Kier molecular flexibility index (Phi) is 7.00. The highest BCUT2D eigenvalue weighted by Crippen LogP contribution is 2.24. The van der Waals surface area contributed by atoms with Crippen LogP contribution in [-0.2, 0) is 21.3 Å². The maximum Gasteiger partial charge on any atom is 0.290 e. The van der Waals surface area contributed by atoms with Gasteiger partial charge in [-0.05, 0) is 12.1 Å². The van der Waals surface area contributed by atoms with Gasteiger partial charge in [-0.2, -0.15) is 0 Å². The molecule has 194 valence electrons. The number of rotatable bonds is 4. The molecule has 2 aliphatic heterocycles. The first-order chi connectivity index (χ1) is 18.4. The third kappa shape index (κ3) is 5.04. The molecule has 11 heteroatoms. The molecule has 3 aromatic rings. The Labute approximate surface area is 218 Å². The number of carbonyl (C=O) groups excluding carboxylic acids is 1. The summed E-state index contributed by atoms with van der Waals surface area (Å²) in [5.74, 6) is -0.311. The molecule has 1 saturated heterocycles. The average molecular weight is 514 g/mol. The second-order valence-corrected chi connectivity index (χ2v) is 8.75. The summed E-state index contributed by atoms with van der Waals surface area (Å²) >= 11 is 0. The normalized spacial score (nSPS) is 17.0. The first kappa shape index (κ1) is 24.9. The van der Waals surface area contributed by atoms with E-state index in [1.54, 1.807) is 13.1 Å². The van der Waals surface area contributed by atoms with E-state index in [1.807, 2.05) is 53.4 Å². The zero-order valence-electron chi connectivity index (χ0n) is 20.7. The zero-order valence-corrected chi connectivity index (χ0v) is 20.7. The number of aliphatic imine (C=N–C) groups is 1. The van der Waals surface area contributed by atoms with E-state index in [1.165, 1.54) is 16.7 Å². The van der Waals surface area contributed by atoms with Crippen LogP contribution in [0.2, 0.25) is 0 Å². The molecule has 1 fully saturated rings. The van der Waals surface area contributed by atoms with Crippen LogP contribution in [0.25, 0.3) is 0 Å². The van der Waals surface area contributed by atoms with Crippen molar-refractivity contribution in [2.45, 2.75) is 6.17 Å². The van der Waals surface area contributed by atoms with Crippen LogP contribution in [-0.4, -0.2) is 60.6 Å². The Balaban J connectivity index is 1.40. The standard InChI is InChI=1S/C27H27N7O4/c1-33-21(35)12-11-19(26(33)34-13-15-37-16-14-34)23(28)38-27(29)32-24-25(36)30-20-10-6-5-9-18(20)22(31-24)17-7-3-2-4-8-17/h2-12,24,28H,13-16H2,1H3,(H2,29,32)(H,30,36)/t24-/m1/s1. The van der Waals surface area contributed by atoms with E-state index in [0.29, 0.717) is 49.1 Å². The molecule has 2 aromatic carbocycles. The fraction of sp³-hybridized carbons (Fsp3) is 0.222. The van der Waals surface area contributed by atoms with Gasteiger partial charge >= 0.3 is 0 Å². The van der Waals surface area contributed by atoms with E-state index in [4.69, 9.17) is 20.3 Å². The number of benzodiazepines with no additional fused rings is 1. The van der Waals surface area contributed by atoms with Crippen molar-refractivity contribution >= 4 is 35.0 Å². The van der Waals surface area contributed by atoms with Crippen molar-refractivity contribution in [2.75, 3.05) is 36.5 Å². The minimum absolute atomic E-state index is 0.228. The Hall–Kier alpha value is -4.77. The van der Waals surface area contributed by atoms with E-state index >= 15 is 0 Å². The van der Waals surface area contributed by atoms with E-state index < -0.39 is 18.1 Å². The highest BCUT2D eigenvalue weighted by molar-refractivity contribution is 6.19. The number of hydrogen-bond donors (Lipinski definition) is 4. The molecule has 5 rings (SSSR count). The van der Waals surface area contributed by atoms with Crippen molar-refractivity contribution in [3.05, 3.63) is 93.8 Å². The fourth-order valence-corrected chi connectivity index (χ4v) is 4.45. The maximum absolute atomic E-state index is 13.0. The molecule has 2 aliphatic rings. The molecule has 0 radical (unpaired) electrons. The predicted octanol–water partition coefficient (Wildman–Crippen LogP) is 1.90. The van der Waals surface area contributed by atoms with E-state index in [9.17, 15) is 9.59 Å². The molecule has 0 spiro atoms. The number of amides is 1. The molecule has 4 N–H and O–H groups in total. The largest absolute Gasteiger partial charge is 0.407 e. The molecule has 1 atom stereocenters. The topological polar surface area (TPSA) is 145 Å². The van der Waals surface area contributed by atoms with Crippen LogP contribution >= 0.6 is 0 Å². The molecular formula is C27H27N7O4.